The first-order chi connectivity index (χ1) is 8.59. The van der Waals surface area contributed by atoms with Crippen molar-refractivity contribution in [1.29, 1.82) is 0 Å². The molecule has 1 amide bonds. The number of anilines is 1. The van der Waals surface area contributed by atoms with Crippen molar-refractivity contribution < 1.29 is 13.6 Å². The van der Waals surface area contributed by atoms with Gasteiger partial charge in [0.15, 0.2) is 0 Å². The van der Waals surface area contributed by atoms with E-state index in [2.05, 4.69) is 10.3 Å². The zero-order valence-electron chi connectivity index (χ0n) is 9.36. The molecule has 6 heteroatoms. The van der Waals surface area contributed by atoms with Crippen LogP contribution in [0.3, 0.4) is 0 Å². The summed E-state index contributed by atoms with van der Waals surface area (Å²) in [6, 6.07) is 6.93. The molecule has 1 aromatic carbocycles. The Labute approximate surface area is 102 Å². The Hall–Kier alpha value is -2.24. The summed E-state index contributed by atoms with van der Waals surface area (Å²) >= 11 is 0. The Morgan fingerprint density at radius 2 is 2.00 bits per heavy atom. The van der Waals surface area contributed by atoms with Crippen LogP contribution in [0.25, 0.3) is 10.8 Å². The second kappa shape index (κ2) is 4.95. The largest absolute Gasteiger partial charge is 0.383 e. The minimum atomic E-state index is -2.58. The number of rotatable bonds is 3. The Morgan fingerprint density at radius 3 is 2.67 bits per heavy atom. The fraction of sp³-hybridized carbons (Fsp3) is 0.167. The lowest BCUT2D eigenvalue weighted by molar-refractivity contribution is 0.0893. The molecule has 0 saturated heterocycles. The molecule has 0 unspecified atom stereocenters. The normalized spacial score (nSPS) is 10.8. The third-order valence-corrected chi connectivity index (χ3v) is 2.49. The lowest BCUT2D eigenvalue weighted by atomic mass is 10.1. The van der Waals surface area contributed by atoms with Gasteiger partial charge in [-0.1, -0.05) is 24.3 Å². The summed E-state index contributed by atoms with van der Waals surface area (Å²) in [5, 5.41) is 3.36. The molecule has 0 saturated carbocycles. The minimum Gasteiger partial charge on any atom is -0.383 e. The second-order valence-electron chi connectivity index (χ2n) is 3.70. The highest BCUT2D eigenvalue weighted by Crippen LogP contribution is 2.22. The van der Waals surface area contributed by atoms with Gasteiger partial charge in [0.2, 0.25) is 0 Å². The summed E-state index contributed by atoms with van der Waals surface area (Å²) in [6.45, 7) is -0.683. The summed E-state index contributed by atoms with van der Waals surface area (Å²) in [4.78, 5) is 15.6. The van der Waals surface area contributed by atoms with E-state index in [0.29, 0.717) is 16.6 Å². The molecule has 0 radical (unpaired) electrons. The van der Waals surface area contributed by atoms with Crippen molar-refractivity contribution in [2.75, 3.05) is 12.3 Å². The van der Waals surface area contributed by atoms with Crippen LogP contribution in [0.5, 0.6) is 0 Å². The quantitative estimate of drug-likeness (QED) is 0.874. The second-order valence-corrected chi connectivity index (χ2v) is 3.70. The monoisotopic (exact) mass is 251 g/mol. The van der Waals surface area contributed by atoms with Crippen LogP contribution in [0, 0.1) is 0 Å². The lowest BCUT2D eigenvalue weighted by Gasteiger charge is -2.08. The predicted molar refractivity (Wildman–Crippen MR) is 64.5 cm³/mol. The molecule has 94 valence electrons. The van der Waals surface area contributed by atoms with Crippen LogP contribution < -0.4 is 11.1 Å². The van der Waals surface area contributed by atoms with Gasteiger partial charge < -0.3 is 11.1 Å². The van der Waals surface area contributed by atoms with Crippen LogP contribution in [-0.4, -0.2) is 23.9 Å². The van der Waals surface area contributed by atoms with Gasteiger partial charge >= 0.3 is 0 Å². The topological polar surface area (TPSA) is 68.0 Å². The number of aromatic nitrogens is 1. The van der Waals surface area contributed by atoms with Crippen LogP contribution in [0.1, 0.15) is 10.4 Å². The maximum Gasteiger partial charge on any atom is 0.255 e. The van der Waals surface area contributed by atoms with Gasteiger partial charge in [-0.2, -0.15) is 0 Å². The average Bonchev–Trinajstić information content (AvgIpc) is 2.37. The van der Waals surface area contributed by atoms with Gasteiger partial charge in [-0.25, -0.2) is 13.8 Å². The maximum atomic E-state index is 12.0. The number of benzene rings is 1. The Balaban J connectivity index is 2.39. The third kappa shape index (κ3) is 2.37. The van der Waals surface area contributed by atoms with Crippen molar-refractivity contribution in [3.63, 3.8) is 0 Å². The SMILES string of the molecule is Nc1ncc(C(=O)NCC(F)F)c2ccccc12. The minimum absolute atomic E-state index is 0.237. The summed E-state index contributed by atoms with van der Waals surface area (Å²) in [5.74, 6) is -0.282. The van der Waals surface area contributed by atoms with E-state index >= 15 is 0 Å². The average molecular weight is 251 g/mol. The van der Waals surface area contributed by atoms with Crippen LogP contribution >= 0.6 is 0 Å². The molecule has 0 fully saturated rings. The number of fused-ring (bicyclic) bond motifs is 1. The number of nitrogens with two attached hydrogens (primary N) is 1. The molecule has 3 N–H and O–H groups in total. The van der Waals surface area contributed by atoms with Gasteiger partial charge in [-0.05, 0) is 5.39 Å². The van der Waals surface area contributed by atoms with Crippen molar-refractivity contribution in [1.82, 2.24) is 10.3 Å². The number of amides is 1. The van der Waals surface area contributed by atoms with Gasteiger partial charge in [0, 0.05) is 11.6 Å². The molecule has 0 bridgehead atoms. The summed E-state index contributed by atoms with van der Waals surface area (Å²) in [7, 11) is 0. The summed E-state index contributed by atoms with van der Waals surface area (Å²) < 4.78 is 24.1. The first-order valence-electron chi connectivity index (χ1n) is 5.29. The lowest BCUT2D eigenvalue weighted by Crippen LogP contribution is -2.28. The van der Waals surface area contributed by atoms with Crippen molar-refractivity contribution >= 4 is 22.5 Å². The number of pyridine rings is 1. The molecule has 0 aliphatic rings. The smallest absolute Gasteiger partial charge is 0.255 e. The van der Waals surface area contributed by atoms with E-state index in [1.54, 1.807) is 24.3 Å². The van der Waals surface area contributed by atoms with Gasteiger partial charge in [0.25, 0.3) is 12.3 Å². The van der Waals surface area contributed by atoms with Crippen molar-refractivity contribution in [2.24, 2.45) is 0 Å². The summed E-state index contributed by atoms with van der Waals surface area (Å²) in [6.07, 6.45) is -1.29. The molecule has 1 heterocycles. The van der Waals surface area contributed by atoms with Crippen LogP contribution in [0.15, 0.2) is 30.5 Å². The van der Waals surface area contributed by atoms with Crippen molar-refractivity contribution in [3.8, 4) is 0 Å². The van der Waals surface area contributed by atoms with E-state index in [-0.39, 0.29) is 5.56 Å². The number of nitrogens with one attached hydrogen (secondary N) is 1. The standard InChI is InChI=1S/C12H11F2N3O/c13-10(14)6-17-12(18)9-5-16-11(15)8-4-2-1-3-7(8)9/h1-5,10H,6H2,(H2,15,16)(H,17,18). The van der Waals surface area contributed by atoms with Gasteiger partial charge in [-0.3, -0.25) is 4.79 Å². The van der Waals surface area contributed by atoms with E-state index in [4.69, 9.17) is 5.73 Å². The molecule has 0 aliphatic heterocycles. The molecule has 2 aromatic rings. The number of nitrogens with zero attached hydrogens (tertiary/aromatic N) is 1. The van der Waals surface area contributed by atoms with E-state index in [0.717, 1.165) is 0 Å². The predicted octanol–water partition coefficient (Wildman–Crippen LogP) is 1.81. The van der Waals surface area contributed by atoms with Gasteiger partial charge in [0.1, 0.15) is 5.82 Å². The highest BCUT2D eigenvalue weighted by atomic mass is 19.3. The molecule has 4 nitrogen and oxygen atoms in total. The zero-order chi connectivity index (χ0) is 13.1. The number of hydrogen-bond donors (Lipinski definition) is 2. The summed E-state index contributed by atoms with van der Waals surface area (Å²) in [5.41, 5.74) is 5.92. The third-order valence-electron chi connectivity index (χ3n) is 2.49. The van der Waals surface area contributed by atoms with E-state index in [1.165, 1.54) is 6.20 Å². The Bertz CT molecular complexity index is 587. The molecule has 1 aromatic heterocycles. The number of nitrogen functional groups attached to an aromatic ring is 1. The molecule has 18 heavy (non-hydrogen) atoms. The molecule has 2 rings (SSSR count). The highest BCUT2D eigenvalue weighted by Gasteiger charge is 2.13. The van der Waals surface area contributed by atoms with E-state index in [1.807, 2.05) is 0 Å². The first kappa shape index (κ1) is 12.2. The van der Waals surface area contributed by atoms with Crippen LogP contribution in [0.4, 0.5) is 14.6 Å². The molecular weight excluding hydrogens is 240 g/mol. The van der Waals surface area contributed by atoms with Gasteiger partial charge in [-0.15, -0.1) is 0 Å². The maximum absolute atomic E-state index is 12.0. The first-order valence-corrected chi connectivity index (χ1v) is 5.29. The Morgan fingerprint density at radius 1 is 1.33 bits per heavy atom. The molecular formula is C12H11F2N3O. The number of hydrogen-bond acceptors (Lipinski definition) is 3. The van der Waals surface area contributed by atoms with Crippen LogP contribution in [0.2, 0.25) is 0 Å². The van der Waals surface area contributed by atoms with E-state index in [9.17, 15) is 13.6 Å². The van der Waals surface area contributed by atoms with Crippen molar-refractivity contribution in [2.45, 2.75) is 6.43 Å². The molecule has 0 aliphatic carbocycles. The number of alkyl halides is 2. The van der Waals surface area contributed by atoms with E-state index < -0.39 is 18.9 Å². The van der Waals surface area contributed by atoms with Gasteiger partial charge in [0.05, 0.1) is 12.1 Å². The van der Waals surface area contributed by atoms with Crippen molar-refractivity contribution in [3.05, 3.63) is 36.0 Å². The highest BCUT2D eigenvalue weighted by molar-refractivity contribution is 6.08. The number of halogens is 2. The Kier molecular flexibility index (Phi) is 3.36. The molecule has 0 spiro atoms. The fourth-order valence-electron chi connectivity index (χ4n) is 1.66. The van der Waals surface area contributed by atoms with Crippen LogP contribution in [-0.2, 0) is 0 Å². The number of carbonyl (C=O) groups is 1. The molecule has 0 atom stereocenters. The number of carbonyl (C=O) groups excluding carboxylic acids is 1. The zero-order valence-corrected chi connectivity index (χ0v) is 9.36. The fourth-order valence-corrected chi connectivity index (χ4v) is 1.66.